The molecule has 2 rings (SSSR count). The van der Waals surface area contributed by atoms with Crippen LogP contribution in [0.5, 0.6) is 0 Å². The van der Waals surface area contributed by atoms with Crippen molar-refractivity contribution in [3.05, 3.63) is 35.4 Å². The highest BCUT2D eigenvalue weighted by Gasteiger charge is 2.31. The molecule has 0 bridgehead atoms. The fraction of sp³-hybridized carbons (Fsp3) is 0.533. The number of hydrogen-bond donors (Lipinski definition) is 1. The van der Waals surface area contributed by atoms with Crippen LogP contribution in [0.2, 0.25) is 0 Å². The molecule has 1 amide bonds. The summed E-state index contributed by atoms with van der Waals surface area (Å²) >= 11 is 0. The van der Waals surface area contributed by atoms with Crippen molar-refractivity contribution < 1.29 is 9.53 Å². The molecule has 0 spiro atoms. The third kappa shape index (κ3) is 2.96. The molecular weight excluding hydrogens is 240 g/mol. The van der Waals surface area contributed by atoms with E-state index in [1.165, 1.54) is 0 Å². The van der Waals surface area contributed by atoms with Gasteiger partial charge >= 0.3 is 0 Å². The van der Waals surface area contributed by atoms with Crippen molar-refractivity contribution >= 4 is 5.91 Å². The zero-order valence-corrected chi connectivity index (χ0v) is 11.6. The van der Waals surface area contributed by atoms with E-state index in [0.29, 0.717) is 6.54 Å². The predicted octanol–water partition coefficient (Wildman–Crippen LogP) is 1.44. The number of hydrogen-bond acceptors (Lipinski definition) is 3. The Kier molecular flexibility index (Phi) is 4.56. The average molecular weight is 262 g/mol. The third-order valence-electron chi connectivity index (χ3n) is 3.82. The number of nitrogens with two attached hydrogens (primary N) is 1. The molecule has 2 atom stereocenters. The highest BCUT2D eigenvalue weighted by molar-refractivity contribution is 5.95. The molecule has 2 unspecified atom stereocenters. The minimum absolute atomic E-state index is 0.0615. The number of carbonyl (C=O) groups is 1. The normalized spacial score (nSPS) is 22.5. The molecule has 4 heteroatoms. The highest BCUT2D eigenvalue weighted by atomic mass is 16.5. The lowest BCUT2D eigenvalue weighted by Gasteiger charge is -2.27. The van der Waals surface area contributed by atoms with E-state index in [1.54, 1.807) is 0 Å². The number of benzene rings is 1. The van der Waals surface area contributed by atoms with Gasteiger partial charge in [-0.15, -0.1) is 0 Å². The summed E-state index contributed by atoms with van der Waals surface area (Å²) in [4.78, 5) is 14.4. The summed E-state index contributed by atoms with van der Waals surface area (Å²) < 4.78 is 5.54. The summed E-state index contributed by atoms with van der Waals surface area (Å²) in [5.74, 6) is 0.0615. The van der Waals surface area contributed by atoms with Gasteiger partial charge in [0.15, 0.2) is 0 Å². The van der Waals surface area contributed by atoms with Gasteiger partial charge in [0.2, 0.25) is 0 Å². The quantitative estimate of drug-likeness (QED) is 0.893. The molecule has 1 fully saturated rings. The molecule has 1 aliphatic rings. The average Bonchev–Trinajstić information content (AvgIpc) is 2.84. The molecule has 4 nitrogen and oxygen atoms in total. The SMILES string of the molecule is CC1OCCC1N(C)C(=O)c1ccccc1CCN. The Hall–Kier alpha value is -1.39. The molecule has 0 aromatic heterocycles. The number of nitrogens with zero attached hydrogens (tertiary/aromatic N) is 1. The first kappa shape index (κ1) is 14.0. The van der Waals surface area contributed by atoms with E-state index in [0.717, 1.165) is 30.6 Å². The van der Waals surface area contributed by atoms with Gasteiger partial charge in [-0.1, -0.05) is 18.2 Å². The first-order valence-corrected chi connectivity index (χ1v) is 6.82. The van der Waals surface area contributed by atoms with Gasteiger partial charge in [0.05, 0.1) is 12.1 Å². The first-order valence-electron chi connectivity index (χ1n) is 6.82. The maximum atomic E-state index is 12.6. The first-order chi connectivity index (χ1) is 9.15. The second-order valence-corrected chi connectivity index (χ2v) is 5.04. The van der Waals surface area contributed by atoms with Crippen LogP contribution in [0, 0.1) is 0 Å². The minimum Gasteiger partial charge on any atom is -0.376 e. The largest absolute Gasteiger partial charge is 0.376 e. The Bertz CT molecular complexity index is 448. The number of amides is 1. The molecule has 19 heavy (non-hydrogen) atoms. The highest BCUT2D eigenvalue weighted by Crippen LogP contribution is 2.21. The van der Waals surface area contributed by atoms with E-state index in [9.17, 15) is 4.79 Å². The van der Waals surface area contributed by atoms with Gasteiger partial charge in [-0.05, 0) is 37.9 Å². The van der Waals surface area contributed by atoms with Crippen molar-refractivity contribution in [3.8, 4) is 0 Å². The standard InChI is InChI=1S/C15H22N2O2/c1-11-14(8-10-19-11)17(2)15(18)13-6-4-3-5-12(13)7-9-16/h3-6,11,14H,7-10,16H2,1-2H3. The monoisotopic (exact) mass is 262 g/mol. The summed E-state index contributed by atoms with van der Waals surface area (Å²) in [7, 11) is 1.86. The smallest absolute Gasteiger partial charge is 0.254 e. The minimum atomic E-state index is 0.0615. The van der Waals surface area contributed by atoms with E-state index in [4.69, 9.17) is 10.5 Å². The summed E-state index contributed by atoms with van der Waals surface area (Å²) in [5.41, 5.74) is 7.39. The van der Waals surface area contributed by atoms with Crippen molar-refractivity contribution in [1.82, 2.24) is 4.90 Å². The topological polar surface area (TPSA) is 55.6 Å². The maximum Gasteiger partial charge on any atom is 0.254 e. The van der Waals surface area contributed by atoms with Gasteiger partial charge in [0, 0.05) is 19.2 Å². The molecule has 0 radical (unpaired) electrons. The lowest BCUT2D eigenvalue weighted by Crippen LogP contribution is -2.41. The molecule has 1 heterocycles. The van der Waals surface area contributed by atoms with Gasteiger partial charge in [0.1, 0.15) is 0 Å². The van der Waals surface area contributed by atoms with E-state index in [2.05, 4.69) is 0 Å². The van der Waals surface area contributed by atoms with Gasteiger partial charge < -0.3 is 15.4 Å². The molecule has 1 aliphatic heterocycles. The Morgan fingerprint density at radius 1 is 1.47 bits per heavy atom. The lowest BCUT2D eigenvalue weighted by molar-refractivity contribution is 0.0574. The molecule has 1 aromatic rings. The van der Waals surface area contributed by atoms with Crippen molar-refractivity contribution in [2.75, 3.05) is 20.2 Å². The molecule has 1 aromatic carbocycles. The summed E-state index contributed by atoms with van der Waals surface area (Å²) in [6.07, 6.45) is 1.74. The molecule has 0 aliphatic carbocycles. The molecule has 2 N–H and O–H groups in total. The van der Waals surface area contributed by atoms with Crippen molar-refractivity contribution in [1.29, 1.82) is 0 Å². The van der Waals surface area contributed by atoms with Crippen LogP contribution in [0.1, 0.15) is 29.3 Å². The second-order valence-electron chi connectivity index (χ2n) is 5.04. The van der Waals surface area contributed by atoms with Gasteiger partial charge in [-0.2, -0.15) is 0 Å². The van der Waals surface area contributed by atoms with Crippen LogP contribution < -0.4 is 5.73 Å². The van der Waals surface area contributed by atoms with Gasteiger partial charge in [-0.25, -0.2) is 0 Å². The van der Waals surface area contributed by atoms with Crippen LogP contribution in [-0.2, 0) is 11.2 Å². The molecular formula is C15H22N2O2. The molecule has 0 saturated carbocycles. The Morgan fingerprint density at radius 3 is 2.84 bits per heavy atom. The summed E-state index contributed by atoms with van der Waals surface area (Å²) in [5, 5.41) is 0. The zero-order chi connectivity index (χ0) is 13.8. The second kappa shape index (κ2) is 6.17. The van der Waals surface area contributed by atoms with Gasteiger partial charge in [-0.3, -0.25) is 4.79 Å². The number of likely N-dealkylation sites (N-methyl/N-ethyl adjacent to an activating group) is 1. The maximum absolute atomic E-state index is 12.6. The fourth-order valence-corrected chi connectivity index (χ4v) is 2.67. The van der Waals surface area contributed by atoms with E-state index in [1.807, 2.05) is 43.1 Å². The van der Waals surface area contributed by atoms with E-state index in [-0.39, 0.29) is 18.1 Å². The number of ether oxygens (including phenoxy) is 1. The van der Waals surface area contributed by atoms with Crippen molar-refractivity contribution in [2.45, 2.75) is 31.9 Å². The summed E-state index contributed by atoms with van der Waals surface area (Å²) in [6, 6.07) is 7.87. The Labute approximate surface area is 114 Å². The van der Waals surface area contributed by atoms with E-state index < -0.39 is 0 Å². The van der Waals surface area contributed by atoms with Crippen molar-refractivity contribution in [2.24, 2.45) is 5.73 Å². The molecule has 1 saturated heterocycles. The van der Waals surface area contributed by atoms with Gasteiger partial charge in [0.25, 0.3) is 5.91 Å². The third-order valence-corrected chi connectivity index (χ3v) is 3.82. The Balaban J connectivity index is 2.19. The van der Waals surface area contributed by atoms with Crippen molar-refractivity contribution in [3.63, 3.8) is 0 Å². The van der Waals surface area contributed by atoms with Crippen LogP contribution in [0.15, 0.2) is 24.3 Å². The summed E-state index contributed by atoms with van der Waals surface area (Å²) in [6.45, 7) is 3.30. The van der Waals surface area contributed by atoms with Crippen LogP contribution >= 0.6 is 0 Å². The predicted molar refractivity (Wildman–Crippen MR) is 75.1 cm³/mol. The fourth-order valence-electron chi connectivity index (χ4n) is 2.67. The van der Waals surface area contributed by atoms with E-state index >= 15 is 0 Å². The van der Waals surface area contributed by atoms with Crippen LogP contribution in [-0.4, -0.2) is 43.2 Å². The van der Waals surface area contributed by atoms with Crippen LogP contribution in [0.4, 0.5) is 0 Å². The molecule has 104 valence electrons. The van der Waals surface area contributed by atoms with Crippen LogP contribution in [0.25, 0.3) is 0 Å². The van der Waals surface area contributed by atoms with Crippen LogP contribution in [0.3, 0.4) is 0 Å². The lowest BCUT2D eigenvalue weighted by atomic mass is 10.0. The number of rotatable bonds is 4. The Morgan fingerprint density at radius 2 is 2.21 bits per heavy atom. The number of carbonyl (C=O) groups excluding carboxylic acids is 1. The zero-order valence-electron chi connectivity index (χ0n) is 11.6.